The van der Waals surface area contributed by atoms with E-state index in [9.17, 15) is 0 Å². The fraction of sp³-hybridized carbons (Fsp3) is 0.500. The molecule has 0 aliphatic rings. The molecule has 144 valence electrons. The van der Waals surface area contributed by atoms with Crippen LogP contribution in [0.3, 0.4) is 0 Å². The Kier molecular flexibility index (Phi) is 131. The lowest BCUT2D eigenvalue weighted by Crippen LogP contribution is -1.43. The largest absolute Gasteiger partial charge is 0.103 e. The minimum atomic E-state index is 1.08. The van der Waals surface area contributed by atoms with Crippen LogP contribution >= 0.6 is 0 Å². The van der Waals surface area contributed by atoms with Crippen molar-refractivity contribution >= 4 is 0 Å². The van der Waals surface area contributed by atoms with Crippen molar-refractivity contribution in [1.82, 2.24) is 0 Å². The highest BCUT2D eigenvalue weighted by atomic mass is 13.6. The van der Waals surface area contributed by atoms with Crippen LogP contribution in [0.15, 0.2) is 74.4 Å². The highest BCUT2D eigenvalue weighted by Crippen LogP contribution is 1.73. The van der Waals surface area contributed by atoms with Gasteiger partial charge in [-0.25, -0.2) is 0 Å². The molecule has 0 fully saturated rings. The van der Waals surface area contributed by atoms with Gasteiger partial charge in [0.25, 0.3) is 0 Å². The Morgan fingerprint density at radius 2 is 0.708 bits per heavy atom. The van der Waals surface area contributed by atoms with Crippen LogP contribution in [-0.2, 0) is 0 Å². The normalized spacial score (nSPS) is 7.88. The van der Waals surface area contributed by atoms with Crippen molar-refractivity contribution in [2.75, 3.05) is 0 Å². The van der Waals surface area contributed by atoms with Crippen LogP contribution in [0.4, 0.5) is 0 Å². The molecule has 24 heavy (non-hydrogen) atoms. The monoisotopic (exact) mass is 336 g/mol. The molecule has 0 nitrogen and oxygen atoms in total. The summed E-state index contributed by atoms with van der Waals surface area (Å²) in [4.78, 5) is 0. The van der Waals surface area contributed by atoms with Crippen LogP contribution in [0.25, 0.3) is 0 Å². The molecule has 0 radical (unpaired) electrons. The summed E-state index contributed by atoms with van der Waals surface area (Å²) < 4.78 is 0. The van der Waals surface area contributed by atoms with Gasteiger partial charge in [0.15, 0.2) is 0 Å². The Hall–Kier alpha value is -1.56. The third-order valence-electron chi connectivity index (χ3n) is 1.72. The molecule has 0 saturated carbocycles. The first-order valence-corrected chi connectivity index (χ1v) is 9.03. The molecule has 0 aromatic rings. The van der Waals surface area contributed by atoms with Crippen molar-refractivity contribution < 1.29 is 0 Å². The van der Waals surface area contributed by atoms with Gasteiger partial charge in [-0.1, -0.05) is 75.5 Å². The molecule has 0 atom stereocenters. The zero-order chi connectivity index (χ0) is 20.5. The molecule has 0 heteroatoms. The molecule has 0 saturated heterocycles. The SMILES string of the molecule is C/C=C/C.C/C=C/C.C/C=C/CC.C=CC.C=CCC.C=CCC. The summed E-state index contributed by atoms with van der Waals surface area (Å²) >= 11 is 0. The van der Waals surface area contributed by atoms with Crippen molar-refractivity contribution in [3.63, 3.8) is 0 Å². The van der Waals surface area contributed by atoms with Crippen molar-refractivity contribution in [3.8, 4) is 0 Å². The van der Waals surface area contributed by atoms with Crippen LogP contribution < -0.4 is 0 Å². The zero-order valence-corrected chi connectivity index (χ0v) is 18.4. The molecule has 0 spiro atoms. The van der Waals surface area contributed by atoms with Crippen molar-refractivity contribution in [2.45, 2.75) is 81.6 Å². The number of hydrogen-bond acceptors (Lipinski definition) is 0. The first kappa shape index (κ1) is 38.2. The second-order valence-electron chi connectivity index (χ2n) is 4.11. The maximum absolute atomic E-state index is 3.48. The first-order valence-electron chi connectivity index (χ1n) is 9.03. The Morgan fingerprint density at radius 3 is 0.708 bits per heavy atom. The van der Waals surface area contributed by atoms with Crippen molar-refractivity contribution in [1.29, 1.82) is 0 Å². The second kappa shape index (κ2) is 82.2. The maximum atomic E-state index is 3.48. The number of allylic oxidation sites excluding steroid dienone is 9. The standard InChI is InChI=1S/C5H10.4C4H8.C3H6/c1-3-5-4-2;4*1-3-4-2;1-3-2/h3,5H,4H2,1-2H3;2*3-4H,1-2H3;2*3H,1,4H2,2H3;3H,1H2,2H3/b5-3+;2*4-3+;;;. The summed E-state index contributed by atoms with van der Waals surface area (Å²) in [6.45, 7) is 28.5. The van der Waals surface area contributed by atoms with Crippen LogP contribution in [0, 0.1) is 0 Å². The molecule has 0 unspecified atom stereocenters. The summed E-state index contributed by atoms with van der Waals surface area (Å²) in [5.74, 6) is 0. The molecule has 0 aliphatic heterocycles. The van der Waals surface area contributed by atoms with E-state index in [1.54, 1.807) is 6.08 Å². The third-order valence-corrected chi connectivity index (χ3v) is 1.72. The highest BCUT2D eigenvalue weighted by Gasteiger charge is 1.52. The fourth-order valence-electron chi connectivity index (χ4n) is 0.236. The van der Waals surface area contributed by atoms with Gasteiger partial charge in [0.05, 0.1) is 0 Å². The van der Waals surface area contributed by atoms with E-state index in [1.807, 2.05) is 78.0 Å². The maximum Gasteiger partial charge on any atom is -0.0379 e. The number of hydrogen-bond donors (Lipinski definition) is 0. The van der Waals surface area contributed by atoms with Gasteiger partial charge >= 0.3 is 0 Å². The van der Waals surface area contributed by atoms with Crippen LogP contribution in [0.5, 0.6) is 0 Å². The molecule has 0 aromatic carbocycles. The third kappa shape index (κ3) is 392. The predicted octanol–water partition coefficient (Wildman–Crippen LogP) is 9.49. The van der Waals surface area contributed by atoms with E-state index < -0.39 is 0 Å². The van der Waals surface area contributed by atoms with E-state index in [2.05, 4.69) is 52.7 Å². The van der Waals surface area contributed by atoms with E-state index in [0.717, 1.165) is 19.3 Å². The summed E-state index contributed by atoms with van der Waals surface area (Å²) in [5.41, 5.74) is 0. The average Bonchev–Trinajstić information content (AvgIpc) is 2.63. The summed E-state index contributed by atoms with van der Waals surface area (Å²) in [7, 11) is 0. The fourth-order valence-corrected chi connectivity index (χ4v) is 0.236. The van der Waals surface area contributed by atoms with Crippen LogP contribution in [0.2, 0.25) is 0 Å². The summed E-state index contributed by atoms with van der Waals surface area (Å²) in [6.07, 6.45) is 21.0. The van der Waals surface area contributed by atoms with Gasteiger partial charge in [-0.15, -0.1) is 19.7 Å². The predicted molar refractivity (Wildman–Crippen MR) is 123 cm³/mol. The minimum Gasteiger partial charge on any atom is -0.103 e. The lowest BCUT2D eigenvalue weighted by molar-refractivity contribution is 1.22. The minimum absolute atomic E-state index is 1.08. The average molecular weight is 337 g/mol. The first-order chi connectivity index (χ1) is 11.5. The van der Waals surface area contributed by atoms with Crippen molar-refractivity contribution in [2.24, 2.45) is 0 Å². The van der Waals surface area contributed by atoms with Gasteiger partial charge in [-0.2, -0.15) is 0 Å². The van der Waals surface area contributed by atoms with E-state index in [-0.39, 0.29) is 0 Å². The Labute approximate surface area is 156 Å². The molecular formula is C24H48. The molecule has 0 aromatic heterocycles. The van der Waals surface area contributed by atoms with Gasteiger partial charge in [0.2, 0.25) is 0 Å². The molecule has 0 rings (SSSR count). The molecule has 0 N–H and O–H groups in total. The Morgan fingerprint density at radius 1 is 0.500 bits per heavy atom. The molecule has 0 aliphatic carbocycles. The van der Waals surface area contributed by atoms with E-state index in [0.29, 0.717) is 0 Å². The smallest absolute Gasteiger partial charge is 0.0379 e. The van der Waals surface area contributed by atoms with Crippen LogP contribution in [-0.4, -0.2) is 0 Å². The summed E-state index contributed by atoms with van der Waals surface area (Å²) in [5, 5.41) is 0. The second-order valence-corrected chi connectivity index (χ2v) is 4.11. The van der Waals surface area contributed by atoms with E-state index in [1.165, 1.54) is 0 Å². The van der Waals surface area contributed by atoms with E-state index >= 15 is 0 Å². The van der Waals surface area contributed by atoms with E-state index in [4.69, 9.17) is 0 Å². The lowest BCUT2D eigenvalue weighted by atomic mass is 10.4. The van der Waals surface area contributed by atoms with Crippen LogP contribution in [0.1, 0.15) is 81.6 Å². The number of rotatable bonds is 3. The molecule has 0 bridgehead atoms. The highest BCUT2D eigenvalue weighted by molar-refractivity contribution is 4.73. The Bertz CT molecular complexity index is 213. The molecule has 0 heterocycles. The van der Waals surface area contributed by atoms with Gasteiger partial charge in [0, 0.05) is 0 Å². The lowest BCUT2D eigenvalue weighted by Gasteiger charge is -1.65. The topological polar surface area (TPSA) is 0 Å². The van der Waals surface area contributed by atoms with Crippen molar-refractivity contribution in [3.05, 3.63) is 74.4 Å². The zero-order valence-electron chi connectivity index (χ0n) is 18.4. The quantitative estimate of drug-likeness (QED) is 0.450. The van der Waals surface area contributed by atoms with Gasteiger partial charge in [-0.05, 0) is 60.8 Å². The molecule has 0 amide bonds. The summed E-state index contributed by atoms with van der Waals surface area (Å²) in [6, 6.07) is 0. The van der Waals surface area contributed by atoms with Gasteiger partial charge < -0.3 is 0 Å². The van der Waals surface area contributed by atoms with Gasteiger partial charge in [-0.3, -0.25) is 0 Å². The molecular weight excluding hydrogens is 288 g/mol. The van der Waals surface area contributed by atoms with Gasteiger partial charge in [0.1, 0.15) is 0 Å². The Balaban J connectivity index is -0.0000000408.